The molecule has 0 aliphatic carbocycles. The van der Waals surface area contributed by atoms with Gasteiger partial charge in [-0.15, -0.1) is 0 Å². The number of carbonyl (C=O) groups excluding carboxylic acids is 1. The number of hydrogen-bond acceptors (Lipinski definition) is 5. The molecule has 0 saturated carbocycles. The van der Waals surface area contributed by atoms with Gasteiger partial charge < -0.3 is 14.3 Å². The molecular formula is C17H15Cl2NO4. The van der Waals surface area contributed by atoms with Crippen LogP contribution in [-0.2, 0) is 20.8 Å². The zero-order chi connectivity index (χ0) is 17.5. The Balaban J connectivity index is 2.38. The lowest BCUT2D eigenvalue weighted by atomic mass is 10.0. The van der Waals surface area contributed by atoms with Crippen LogP contribution >= 0.6 is 23.2 Å². The molecule has 0 N–H and O–H groups in total. The van der Waals surface area contributed by atoms with Crippen LogP contribution in [0.1, 0.15) is 11.1 Å². The summed E-state index contributed by atoms with van der Waals surface area (Å²) >= 11 is 12.0. The number of oxime groups is 1. The standard InChI is InChI=1S/C17H15Cl2NO4/c1-22-16(21)9-11-5-3-4-6-13(11)17(20-23-2)24-15-8-7-12(18)10-14(15)19/h3-8,10H,9H2,1-2H3/b20-17+. The quantitative estimate of drug-likeness (QED) is 0.345. The molecule has 0 aliphatic rings. The van der Waals surface area contributed by atoms with Crippen LogP contribution in [0, 0.1) is 0 Å². The van der Waals surface area contributed by atoms with Crippen LogP contribution in [0.15, 0.2) is 47.6 Å². The summed E-state index contributed by atoms with van der Waals surface area (Å²) in [5.74, 6) is 0.162. The maximum atomic E-state index is 11.6. The van der Waals surface area contributed by atoms with E-state index in [0.717, 1.165) is 0 Å². The van der Waals surface area contributed by atoms with Crippen LogP contribution in [0.3, 0.4) is 0 Å². The molecule has 2 rings (SSSR count). The van der Waals surface area contributed by atoms with Crippen LogP contribution in [0.4, 0.5) is 0 Å². The molecule has 2 aromatic carbocycles. The first-order chi connectivity index (χ1) is 11.5. The van der Waals surface area contributed by atoms with Gasteiger partial charge >= 0.3 is 5.97 Å². The van der Waals surface area contributed by atoms with Crippen LogP contribution in [0.2, 0.25) is 10.0 Å². The molecule has 0 spiro atoms. The monoisotopic (exact) mass is 367 g/mol. The SMILES string of the molecule is CO/N=C(/Oc1ccc(Cl)cc1Cl)c1ccccc1CC(=O)OC. The average Bonchev–Trinajstić information content (AvgIpc) is 2.57. The van der Waals surface area contributed by atoms with Gasteiger partial charge in [0.1, 0.15) is 12.9 Å². The third-order valence-electron chi connectivity index (χ3n) is 3.08. The van der Waals surface area contributed by atoms with Crippen LogP contribution in [-0.4, -0.2) is 26.1 Å². The Hall–Kier alpha value is -2.24. The van der Waals surface area contributed by atoms with Crippen molar-refractivity contribution in [3.05, 3.63) is 63.6 Å². The van der Waals surface area contributed by atoms with Gasteiger partial charge in [-0.3, -0.25) is 4.79 Å². The van der Waals surface area contributed by atoms with Crippen molar-refractivity contribution in [1.29, 1.82) is 0 Å². The predicted octanol–water partition coefficient (Wildman–Crippen LogP) is 4.10. The van der Waals surface area contributed by atoms with E-state index in [1.807, 2.05) is 6.07 Å². The average molecular weight is 368 g/mol. The first-order valence-electron chi connectivity index (χ1n) is 6.94. The molecule has 5 nitrogen and oxygen atoms in total. The van der Waals surface area contributed by atoms with E-state index in [-0.39, 0.29) is 18.3 Å². The lowest BCUT2D eigenvalue weighted by molar-refractivity contribution is -0.139. The molecule has 0 aromatic heterocycles. The summed E-state index contributed by atoms with van der Waals surface area (Å²) < 4.78 is 10.5. The number of carbonyl (C=O) groups is 1. The molecule has 0 unspecified atom stereocenters. The molecule has 24 heavy (non-hydrogen) atoms. The molecule has 0 atom stereocenters. The van der Waals surface area contributed by atoms with Gasteiger partial charge in [0.15, 0.2) is 0 Å². The van der Waals surface area contributed by atoms with Crippen molar-refractivity contribution in [2.75, 3.05) is 14.2 Å². The summed E-state index contributed by atoms with van der Waals surface area (Å²) in [5.41, 5.74) is 1.28. The molecule has 0 heterocycles. The zero-order valence-electron chi connectivity index (χ0n) is 13.1. The van der Waals surface area contributed by atoms with Crippen LogP contribution in [0.5, 0.6) is 5.75 Å². The minimum atomic E-state index is -0.372. The highest BCUT2D eigenvalue weighted by molar-refractivity contribution is 6.35. The summed E-state index contributed by atoms with van der Waals surface area (Å²) in [6.45, 7) is 0. The molecular weight excluding hydrogens is 353 g/mol. The van der Waals surface area contributed by atoms with E-state index >= 15 is 0 Å². The number of halogens is 2. The first-order valence-corrected chi connectivity index (χ1v) is 7.70. The Morgan fingerprint density at radius 2 is 1.88 bits per heavy atom. The summed E-state index contributed by atoms with van der Waals surface area (Å²) in [6, 6.07) is 12.0. The van der Waals surface area contributed by atoms with Crippen molar-refractivity contribution in [1.82, 2.24) is 0 Å². The van der Waals surface area contributed by atoms with Crippen molar-refractivity contribution in [3.63, 3.8) is 0 Å². The van der Waals surface area contributed by atoms with Gasteiger partial charge in [0.25, 0.3) is 5.90 Å². The number of hydrogen-bond donors (Lipinski definition) is 0. The Labute approximate surface area is 149 Å². The minimum absolute atomic E-state index is 0.0765. The van der Waals surface area contributed by atoms with Crippen LogP contribution in [0.25, 0.3) is 0 Å². The highest BCUT2D eigenvalue weighted by atomic mass is 35.5. The number of benzene rings is 2. The smallest absolute Gasteiger partial charge is 0.310 e. The van der Waals surface area contributed by atoms with Gasteiger partial charge in [0, 0.05) is 10.6 Å². The molecule has 0 bridgehead atoms. The fourth-order valence-electron chi connectivity index (χ4n) is 1.98. The highest BCUT2D eigenvalue weighted by Gasteiger charge is 2.16. The Kier molecular flexibility index (Phi) is 6.46. The molecule has 126 valence electrons. The van der Waals surface area contributed by atoms with Gasteiger partial charge in [0.2, 0.25) is 0 Å². The zero-order valence-corrected chi connectivity index (χ0v) is 14.6. The van der Waals surface area contributed by atoms with Crippen molar-refractivity contribution < 1.29 is 19.1 Å². The van der Waals surface area contributed by atoms with Gasteiger partial charge in [-0.2, -0.15) is 0 Å². The second-order valence-corrected chi connectivity index (χ2v) is 5.51. The third kappa shape index (κ3) is 4.63. The fourth-order valence-corrected chi connectivity index (χ4v) is 2.43. The molecule has 0 fully saturated rings. The Morgan fingerprint density at radius 1 is 1.12 bits per heavy atom. The second-order valence-electron chi connectivity index (χ2n) is 4.67. The number of rotatable bonds is 5. The maximum Gasteiger partial charge on any atom is 0.310 e. The van der Waals surface area contributed by atoms with E-state index in [1.165, 1.54) is 14.2 Å². The normalized spacial score (nSPS) is 11.1. The topological polar surface area (TPSA) is 57.1 Å². The summed E-state index contributed by atoms with van der Waals surface area (Å²) in [4.78, 5) is 16.5. The predicted molar refractivity (Wildman–Crippen MR) is 92.8 cm³/mol. The van der Waals surface area contributed by atoms with E-state index in [9.17, 15) is 4.79 Å². The number of nitrogens with zero attached hydrogens (tertiary/aromatic N) is 1. The summed E-state index contributed by atoms with van der Waals surface area (Å²) in [5, 5.41) is 4.72. The van der Waals surface area contributed by atoms with E-state index < -0.39 is 0 Å². The van der Waals surface area contributed by atoms with E-state index in [2.05, 4.69) is 5.16 Å². The lowest BCUT2D eigenvalue weighted by Gasteiger charge is -2.13. The maximum absolute atomic E-state index is 11.6. The Bertz CT molecular complexity index is 762. The van der Waals surface area contributed by atoms with Crippen molar-refractivity contribution in [2.24, 2.45) is 5.16 Å². The largest absolute Gasteiger partial charge is 0.469 e. The molecule has 0 radical (unpaired) electrons. The number of esters is 1. The molecule has 0 aliphatic heterocycles. The van der Waals surface area contributed by atoms with E-state index in [0.29, 0.717) is 26.9 Å². The third-order valence-corrected chi connectivity index (χ3v) is 3.62. The Morgan fingerprint density at radius 3 is 2.54 bits per heavy atom. The molecule has 0 saturated heterocycles. The number of ether oxygens (including phenoxy) is 2. The molecule has 0 amide bonds. The number of methoxy groups -OCH3 is 1. The van der Waals surface area contributed by atoms with Gasteiger partial charge in [-0.05, 0) is 35.0 Å². The lowest BCUT2D eigenvalue weighted by Crippen LogP contribution is -2.16. The minimum Gasteiger partial charge on any atom is -0.469 e. The van der Waals surface area contributed by atoms with Crippen molar-refractivity contribution in [3.8, 4) is 5.75 Å². The van der Waals surface area contributed by atoms with Crippen LogP contribution < -0.4 is 4.74 Å². The molecule has 2 aromatic rings. The van der Waals surface area contributed by atoms with E-state index in [4.69, 9.17) is 37.5 Å². The fraction of sp³-hybridized carbons (Fsp3) is 0.176. The van der Waals surface area contributed by atoms with Gasteiger partial charge in [-0.1, -0.05) is 41.4 Å². The van der Waals surface area contributed by atoms with Crippen molar-refractivity contribution in [2.45, 2.75) is 6.42 Å². The summed E-state index contributed by atoms with van der Waals surface area (Å²) in [7, 11) is 2.73. The van der Waals surface area contributed by atoms with Gasteiger partial charge in [-0.25, -0.2) is 0 Å². The molecule has 7 heteroatoms. The highest BCUT2D eigenvalue weighted by Crippen LogP contribution is 2.28. The van der Waals surface area contributed by atoms with Gasteiger partial charge in [0.05, 0.1) is 18.6 Å². The second kappa shape index (κ2) is 8.57. The van der Waals surface area contributed by atoms with Crippen molar-refractivity contribution >= 4 is 35.1 Å². The first kappa shape index (κ1) is 18.1. The van der Waals surface area contributed by atoms with E-state index in [1.54, 1.807) is 36.4 Å². The summed E-state index contributed by atoms with van der Waals surface area (Å²) in [6.07, 6.45) is 0.0765.